The van der Waals surface area contributed by atoms with E-state index in [0.717, 1.165) is 24.3 Å². The average molecular weight is 316 g/mol. The molecule has 1 aromatic rings. The molecule has 1 saturated heterocycles. The summed E-state index contributed by atoms with van der Waals surface area (Å²) in [7, 11) is 0. The number of hydrogen-bond donors (Lipinski definition) is 1. The van der Waals surface area contributed by atoms with Gasteiger partial charge in [-0.05, 0) is 56.1 Å². The highest BCUT2D eigenvalue weighted by Crippen LogP contribution is 2.28. The molecule has 1 atom stereocenters. The molecule has 1 heterocycles. The standard InChI is InChI=1S/C17H20N2O2S/c18-11-17(8-9-22-12-17)19-16(20)13-4-3-7-15(10-13)21-14-5-1-2-6-14/h3-4,7,10,14H,1-2,5-6,8-9,12H2,(H,19,20)/t17-/m0/s1. The third-order valence-electron chi connectivity index (χ3n) is 4.29. The highest BCUT2D eigenvalue weighted by molar-refractivity contribution is 7.99. The van der Waals surface area contributed by atoms with Crippen molar-refractivity contribution in [3.05, 3.63) is 29.8 Å². The van der Waals surface area contributed by atoms with Crippen molar-refractivity contribution in [1.82, 2.24) is 5.32 Å². The minimum atomic E-state index is -0.718. The molecule has 1 N–H and O–H groups in total. The zero-order chi connectivity index (χ0) is 15.4. The maximum atomic E-state index is 12.4. The van der Waals surface area contributed by atoms with E-state index in [1.54, 1.807) is 23.9 Å². The van der Waals surface area contributed by atoms with Gasteiger partial charge in [-0.15, -0.1) is 0 Å². The molecule has 0 radical (unpaired) electrons. The molecule has 5 heteroatoms. The van der Waals surface area contributed by atoms with Crippen molar-refractivity contribution in [2.75, 3.05) is 11.5 Å². The molecule has 3 rings (SSSR count). The van der Waals surface area contributed by atoms with Crippen LogP contribution in [0.1, 0.15) is 42.5 Å². The van der Waals surface area contributed by atoms with Crippen LogP contribution in [0.25, 0.3) is 0 Å². The zero-order valence-electron chi connectivity index (χ0n) is 12.5. The van der Waals surface area contributed by atoms with Gasteiger partial charge >= 0.3 is 0 Å². The lowest BCUT2D eigenvalue weighted by Gasteiger charge is -2.21. The Balaban J connectivity index is 1.68. The predicted octanol–water partition coefficient (Wildman–Crippen LogP) is 3.14. The highest BCUT2D eigenvalue weighted by Gasteiger charge is 2.36. The normalized spacial score (nSPS) is 24.9. The molecule has 0 spiro atoms. The summed E-state index contributed by atoms with van der Waals surface area (Å²) in [5, 5.41) is 12.3. The topological polar surface area (TPSA) is 62.1 Å². The van der Waals surface area contributed by atoms with Crippen molar-refractivity contribution in [3.8, 4) is 11.8 Å². The Labute approximate surface area is 135 Å². The Bertz CT molecular complexity index is 585. The summed E-state index contributed by atoms with van der Waals surface area (Å²) < 4.78 is 5.94. The molecule has 1 amide bonds. The minimum Gasteiger partial charge on any atom is -0.490 e. The van der Waals surface area contributed by atoms with Crippen LogP contribution in [0.4, 0.5) is 0 Å². The molecule has 116 valence electrons. The van der Waals surface area contributed by atoms with Crippen LogP contribution in [0.5, 0.6) is 5.75 Å². The van der Waals surface area contributed by atoms with E-state index in [1.165, 1.54) is 12.8 Å². The molecule has 0 aromatic heterocycles. The lowest BCUT2D eigenvalue weighted by atomic mass is 10.0. The Morgan fingerprint density at radius 2 is 2.23 bits per heavy atom. The van der Waals surface area contributed by atoms with E-state index in [2.05, 4.69) is 11.4 Å². The van der Waals surface area contributed by atoms with Gasteiger partial charge in [0.25, 0.3) is 5.91 Å². The van der Waals surface area contributed by atoms with Crippen molar-refractivity contribution in [1.29, 1.82) is 5.26 Å². The van der Waals surface area contributed by atoms with Crippen LogP contribution < -0.4 is 10.1 Å². The number of nitriles is 1. The fourth-order valence-electron chi connectivity index (χ4n) is 2.98. The monoisotopic (exact) mass is 316 g/mol. The van der Waals surface area contributed by atoms with Crippen molar-refractivity contribution in [2.24, 2.45) is 0 Å². The number of benzene rings is 1. The van der Waals surface area contributed by atoms with Crippen LogP contribution in [0.15, 0.2) is 24.3 Å². The fourth-order valence-corrected chi connectivity index (χ4v) is 4.25. The summed E-state index contributed by atoms with van der Waals surface area (Å²) in [4.78, 5) is 12.4. The first-order chi connectivity index (χ1) is 10.7. The van der Waals surface area contributed by atoms with Gasteiger partial charge in [-0.3, -0.25) is 4.79 Å². The molecule has 4 nitrogen and oxygen atoms in total. The summed E-state index contributed by atoms with van der Waals surface area (Å²) in [6.07, 6.45) is 5.59. The van der Waals surface area contributed by atoms with E-state index >= 15 is 0 Å². The summed E-state index contributed by atoms with van der Waals surface area (Å²) in [5.74, 6) is 2.12. The number of thioether (sulfide) groups is 1. The molecule has 1 aliphatic carbocycles. The number of carbonyl (C=O) groups is 1. The van der Waals surface area contributed by atoms with Crippen LogP contribution in [-0.2, 0) is 0 Å². The number of rotatable bonds is 4. The van der Waals surface area contributed by atoms with E-state index in [9.17, 15) is 10.1 Å². The third kappa shape index (κ3) is 3.38. The van der Waals surface area contributed by atoms with E-state index in [-0.39, 0.29) is 12.0 Å². The maximum Gasteiger partial charge on any atom is 0.252 e. The second-order valence-corrected chi connectivity index (χ2v) is 7.11. The third-order valence-corrected chi connectivity index (χ3v) is 5.48. The first kappa shape index (κ1) is 15.2. The molecule has 2 fully saturated rings. The quantitative estimate of drug-likeness (QED) is 0.927. The molecule has 0 unspecified atom stereocenters. The van der Waals surface area contributed by atoms with Crippen LogP contribution in [0.3, 0.4) is 0 Å². The molecule has 1 aromatic carbocycles. The van der Waals surface area contributed by atoms with Crippen LogP contribution >= 0.6 is 11.8 Å². The maximum absolute atomic E-state index is 12.4. The number of hydrogen-bond acceptors (Lipinski definition) is 4. The summed E-state index contributed by atoms with van der Waals surface area (Å²) >= 11 is 1.71. The zero-order valence-corrected chi connectivity index (χ0v) is 13.3. The SMILES string of the molecule is N#C[C@@]1(NC(=O)c2cccc(OC3CCCC3)c2)CCSC1. The molecular weight excluding hydrogens is 296 g/mol. The first-order valence-electron chi connectivity index (χ1n) is 7.79. The Morgan fingerprint density at radius 3 is 2.91 bits per heavy atom. The van der Waals surface area contributed by atoms with Crippen molar-refractivity contribution >= 4 is 17.7 Å². The predicted molar refractivity (Wildman–Crippen MR) is 87.1 cm³/mol. The summed E-state index contributed by atoms with van der Waals surface area (Å²) in [6.45, 7) is 0. The van der Waals surface area contributed by atoms with E-state index in [1.807, 2.05) is 12.1 Å². The number of carbonyl (C=O) groups excluding carboxylic acids is 1. The van der Waals surface area contributed by atoms with Gasteiger partial charge in [-0.1, -0.05) is 6.07 Å². The largest absolute Gasteiger partial charge is 0.490 e. The molecule has 1 saturated carbocycles. The summed E-state index contributed by atoms with van der Waals surface area (Å²) in [6, 6.07) is 9.54. The Kier molecular flexibility index (Phi) is 4.58. The van der Waals surface area contributed by atoms with Gasteiger partial charge in [0.2, 0.25) is 0 Å². The molecular formula is C17H20N2O2S. The van der Waals surface area contributed by atoms with Gasteiger partial charge in [0.05, 0.1) is 12.2 Å². The lowest BCUT2D eigenvalue weighted by Crippen LogP contribution is -2.47. The van der Waals surface area contributed by atoms with Crippen molar-refractivity contribution in [2.45, 2.75) is 43.7 Å². The molecule has 0 bridgehead atoms. The highest BCUT2D eigenvalue weighted by atomic mass is 32.2. The van der Waals surface area contributed by atoms with E-state index < -0.39 is 5.54 Å². The minimum absolute atomic E-state index is 0.194. The van der Waals surface area contributed by atoms with Crippen molar-refractivity contribution < 1.29 is 9.53 Å². The van der Waals surface area contributed by atoms with Gasteiger partial charge in [0.15, 0.2) is 0 Å². The van der Waals surface area contributed by atoms with Crippen molar-refractivity contribution in [3.63, 3.8) is 0 Å². The average Bonchev–Trinajstić information content (AvgIpc) is 3.20. The second kappa shape index (κ2) is 6.62. The first-order valence-corrected chi connectivity index (χ1v) is 8.94. The van der Waals surface area contributed by atoms with Crippen LogP contribution in [-0.4, -0.2) is 29.1 Å². The number of nitrogens with zero attached hydrogens (tertiary/aromatic N) is 1. The van der Waals surface area contributed by atoms with Gasteiger partial charge in [-0.2, -0.15) is 17.0 Å². The Morgan fingerprint density at radius 1 is 1.41 bits per heavy atom. The van der Waals surface area contributed by atoms with E-state index in [4.69, 9.17) is 4.74 Å². The fraction of sp³-hybridized carbons (Fsp3) is 0.529. The van der Waals surface area contributed by atoms with Gasteiger partial charge < -0.3 is 10.1 Å². The smallest absolute Gasteiger partial charge is 0.252 e. The number of nitrogens with one attached hydrogen (secondary N) is 1. The number of ether oxygens (including phenoxy) is 1. The second-order valence-electron chi connectivity index (χ2n) is 6.00. The molecule has 2 aliphatic rings. The lowest BCUT2D eigenvalue weighted by molar-refractivity contribution is 0.0925. The van der Waals surface area contributed by atoms with Crippen LogP contribution in [0, 0.1) is 11.3 Å². The van der Waals surface area contributed by atoms with Crippen LogP contribution in [0.2, 0.25) is 0 Å². The summed E-state index contributed by atoms with van der Waals surface area (Å²) in [5.41, 5.74) is -0.161. The van der Waals surface area contributed by atoms with Gasteiger partial charge in [-0.25, -0.2) is 0 Å². The molecule has 22 heavy (non-hydrogen) atoms. The molecule has 1 aliphatic heterocycles. The van der Waals surface area contributed by atoms with E-state index in [0.29, 0.717) is 17.7 Å². The van der Waals surface area contributed by atoms with Gasteiger partial charge in [0.1, 0.15) is 11.3 Å². The van der Waals surface area contributed by atoms with Gasteiger partial charge in [0, 0.05) is 11.3 Å². The Hall–Kier alpha value is -1.67. The number of amides is 1.